The van der Waals surface area contributed by atoms with Crippen molar-refractivity contribution in [1.82, 2.24) is 10.6 Å². The summed E-state index contributed by atoms with van der Waals surface area (Å²) in [4.78, 5) is 11.9. The third-order valence-electron chi connectivity index (χ3n) is 3.44. The molecule has 0 bridgehead atoms. The second-order valence-corrected chi connectivity index (χ2v) is 5.41. The predicted octanol–water partition coefficient (Wildman–Crippen LogP) is 2.37. The van der Waals surface area contributed by atoms with Gasteiger partial charge >= 0.3 is 0 Å². The van der Waals surface area contributed by atoms with Gasteiger partial charge in [-0.1, -0.05) is 17.7 Å². The van der Waals surface area contributed by atoms with Gasteiger partial charge in [0.25, 0.3) is 5.91 Å². The van der Waals surface area contributed by atoms with Gasteiger partial charge in [0.15, 0.2) is 0 Å². The van der Waals surface area contributed by atoms with Crippen molar-refractivity contribution in [2.45, 2.75) is 25.4 Å². The van der Waals surface area contributed by atoms with E-state index in [1.807, 2.05) is 0 Å². The highest BCUT2D eigenvalue weighted by atomic mass is 35.5. The molecule has 1 aliphatic rings. The molecular weight excluding hydrogens is 295 g/mol. The summed E-state index contributed by atoms with van der Waals surface area (Å²) in [6.07, 6.45) is 3.11. The van der Waals surface area contributed by atoms with Gasteiger partial charge in [0.2, 0.25) is 0 Å². The Labute approximate surface area is 129 Å². The van der Waals surface area contributed by atoms with Crippen LogP contribution in [-0.4, -0.2) is 38.3 Å². The predicted molar refractivity (Wildman–Crippen MR) is 80.2 cm³/mol. The van der Waals surface area contributed by atoms with Crippen LogP contribution in [0.3, 0.4) is 0 Å². The summed E-state index contributed by atoms with van der Waals surface area (Å²) >= 11 is 5.76. The standard InChI is InChI=1S/C15H20ClFN2O2/c16-14-12(3-1-4-13(14)17)15(20)19-7-2-10-21-11-5-8-18-9-6-11/h1,3-4,11,18H,2,5-10H2,(H,19,20). The Balaban J connectivity index is 1.66. The lowest BCUT2D eigenvalue weighted by Gasteiger charge is -2.22. The highest BCUT2D eigenvalue weighted by Gasteiger charge is 2.14. The van der Waals surface area contributed by atoms with Gasteiger partial charge in [0.1, 0.15) is 5.82 Å². The molecule has 0 spiro atoms. The van der Waals surface area contributed by atoms with Crippen LogP contribution in [0.25, 0.3) is 0 Å². The average Bonchev–Trinajstić information content (AvgIpc) is 2.50. The van der Waals surface area contributed by atoms with E-state index in [-0.39, 0.29) is 16.5 Å². The number of carbonyl (C=O) groups is 1. The Bertz CT molecular complexity index is 479. The number of carbonyl (C=O) groups excluding carboxylic acids is 1. The molecule has 1 fully saturated rings. The number of rotatable bonds is 6. The van der Waals surface area contributed by atoms with Crippen LogP contribution >= 0.6 is 11.6 Å². The highest BCUT2D eigenvalue weighted by molar-refractivity contribution is 6.34. The molecule has 0 saturated carbocycles. The van der Waals surface area contributed by atoms with Gasteiger partial charge in [-0.2, -0.15) is 0 Å². The zero-order chi connectivity index (χ0) is 15.1. The van der Waals surface area contributed by atoms with Gasteiger partial charge in [0, 0.05) is 13.2 Å². The van der Waals surface area contributed by atoms with Gasteiger partial charge in [-0.15, -0.1) is 0 Å². The third kappa shape index (κ3) is 4.95. The minimum Gasteiger partial charge on any atom is -0.378 e. The zero-order valence-electron chi connectivity index (χ0n) is 11.8. The average molecular weight is 315 g/mol. The molecule has 1 amide bonds. The van der Waals surface area contributed by atoms with E-state index in [0.717, 1.165) is 32.4 Å². The summed E-state index contributed by atoms with van der Waals surface area (Å²) in [5, 5.41) is 5.86. The number of benzene rings is 1. The largest absolute Gasteiger partial charge is 0.378 e. The third-order valence-corrected chi connectivity index (χ3v) is 3.83. The van der Waals surface area contributed by atoms with Crippen LogP contribution < -0.4 is 10.6 Å². The normalized spacial score (nSPS) is 15.9. The van der Waals surface area contributed by atoms with Gasteiger partial charge < -0.3 is 15.4 Å². The number of hydrogen-bond donors (Lipinski definition) is 2. The monoisotopic (exact) mass is 314 g/mol. The fourth-order valence-electron chi connectivity index (χ4n) is 2.26. The molecule has 1 aromatic rings. The summed E-state index contributed by atoms with van der Waals surface area (Å²) in [7, 11) is 0. The van der Waals surface area contributed by atoms with Crippen LogP contribution in [0.15, 0.2) is 18.2 Å². The van der Waals surface area contributed by atoms with Gasteiger partial charge in [-0.05, 0) is 44.5 Å². The number of piperidine rings is 1. The minimum absolute atomic E-state index is 0.138. The van der Waals surface area contributed by atoms with E-state index < -0.39 is 5.82 Å². The first-order chi connectivity index (χ1) is 10.2. The molecule has 0 aromatic heterocycles. The van der Waals surface area contributed by atoms with Crippen molar-refractivity contribution < 1.29 is 13.9 Å². The van der Waals surface area contributed by atoms with E-state index in [9.17, 15) is 9.18 Å². The van der Waals surface area contributed by atoms with Crippen molar-refractivity contribution in [3.8, 4) is 0 Å². The smallest absolute Gasteiger partial charge is 0.252 e. The summed E-state index contributed by atoms with van der Waals surface area (Å²) in [5.41, 5.74) is 0.163. The molecule has 0 aliphatic carbocycles. The zero-order valence-corrected chi connectivity index (χ0v) is 12.6. The van der Waals surface area contributed by atoms with E-state index >= 15 is 0 Å². The fourth-order valence-corrected chi connectivity index (χ4v) is 2.47. The topological polar surface area (TPSA) is 50.4 Å². The van der Waals surface area contributed by atoms with Crippen molar-refractivity contribution in [3.63, 3.8) is 0 Å². The Morgan fingerprint density at radius 1 is 1.43 bits per heavy atom. The molecule has 1 aliphatic heterocycles. The molecule has 21 heavy (non-hydrogen) atoms. The van der Waals surface area contributed by atoms with E-state index in [1.54, 1.807) is 0 Å². The van der Waals surface area contributed by atoms with E-state index in [0.29, 0.717) is 19.3 Å². The second-order valence-electron chi connectivity index (χ2n) is 5.03. The van der Waals surface area contributed by atoms with Crippen molar-refractivity contribution in [1.29, 1.82) is 0 Å². The summed E-state index contributed by atoms with van der Waals surface area (Å²) in [6, 6.07) is 4.20. The van der Waals surface area contributed by atoms with Gasteiger partial charge in [-0.25, -0.2) is 4.39 Å². The number of hydrogen-bond acceptors (Lipinski definition) is 3. The molecule has 2 N–H and O–H groups in total. The molecule has 116 valence electrons. The summed E-state index contributed by atoms with van der Waals surface area (Å²) in [5.74, 6) is -0.945. The number of ether oxygens (including phenoxy) is 1. The lowest BCUT2D eigenvalue weighted by molar-refractivity contribution is 0.0318. The molecule has 0 radical (unpaired) electrons. The van der Waals surface area contributed by atoms with Crippen LogP contribution in [0.4, 0.5) is 4.39 Å². The molecule has 4 nitrogen and oxygen atoms in total. The van der Waals surface area contributed by atoms with E-state index in [2.05, 4.69) is 10.6 Å². The van der Waals surface area contributed by atoms with Crippen LogP contribution in [-0.2, 0) is 4.74 Å². The Hall–Kier alpha value is -1.17. The maximum absolute atomic E-state index is 13.3. The molecule has 1 aromatic carbocycles. The SMILES string of the molecule is O=C(NCCCOC1CCNCC1)c1cccc(F)c1Cl. The second kappa shape index (κ2) is 8.32. The van der Waals surface area contributed by atoms with Crippen molar-refractivity contribution in [2.75, 3.05) is 26.2 Å². The molecule has 2 rings (SSSR count). The van der Waals surface area contributed by atoms with Crippen LogP contribution in [0, 0.1) is 5.82 Å². The van der Waals surface area contributed by atoms with Crippen LogP contribution in [0.2, 0.25) is 5.02 Å². The summed E-state index contributed by atoms with van der Waals surface area (Å²) < 4.78 is 19.0. The van der Waals surface area contributed by atoms with Gasteiger partial charge in [0.05, 0.1) is 16.7 Å². The first-order valence-corrected chi connectivity index (χ1v) is 7.61. The van der Waals surface area contributed by atoms with Crippen molar-refractivity contribution in [2.24, 2.45) is 0 Å². The maximum atomic E-state index is 13.3. The molecule has 6 heteroatoms. The molecule has 0 atom stereocenters. The maximum Gasteiger partial charge on any atom is 0.252 e. The Morgan fingerprint density at radius 3 is 2.95 bits per heavy atom. The van der Waals surface area contributed by atoms with Crippen LogP contribution in [0.1, 0.15) is 29.6 Å². The first-order valence-electron chi connectivity index (χ1n) is 7.23. The Morgan fingerprint density at radius 2 is 2.19 bits per heavy atom. The quantitative estimate of drug-likeness (QED) is 0.793. The van der Waals surface area contributed by atoms with Crippen LogP contribution in [0.5, 0.6) is 0 Å². The molecule has 0 unspecified atom stereocenters. The molecular formula is C15H20ClFN2O2. The number of nitrogens with one attached hydrogen (secondary N) is 2. The molecule has 1 saturated heterocycles. The van der Waals surface area contributed by atoms with Crippen molar-refractivity contribution >= 4 is 17.5 Å². The number of halogens is 2. The molecule has 1 heterocycles. The van der Waals surface area contributed by atoms with Crippen molar-refractivity contribution in [3.05, 3.63) is 34.6 Å². The fraction of sp³-hybridized carbons (Fsp3) is 0.533. The lowest BCUT2D eigenvalue weighted by atomic mass is 10.1. The number of amides is 1. The minimum atomic E-state index is -0.585. The van der Waals surface area contributed by atoms with Gasteiger partial charge in [-0.3, -0.25) is 4.79 Å². The highest BCUT2D eigenvalue weighted by Crippen LogP contribution is 2.19. The van der Waals surface area contributed by atoms with E-state index in [1.165, 1.54) is 18.2 Å². The van der Waals surface area contributed by atoms with E-state index in [4.69, 9.17) is 16.3 Å². The Kier molecular flexibility index (Phi) is 6.42. The first kappa shape index (κ1) is 16.2. The lowest BCUT2D eigenvalue weighted by Crippen LogP contribution is -2.33. The summed E-state index contributed by atoms with van der Waals surface area (Å²) in [6.45, 7) is 3.09.